The number of H-pyrrole nitrogens is 1. The molecule has 4 rings (SSSR count). The number of imidazole rings is 1. The molecule has 1 fully saturated rings. The second-order valence-electron chi connectivity index (χ2n) is 6.23. The van der Waals surface area contributed by atoms with Crippen LogP contribution >= 0.6 is 0 Å². The molecule has 3 aromatic heterocycles. The summed E-state index contributed by atoms with van der Waals surface area (Å²) in [6, 6.07) is 4.14. The molecule has 0 spiro atoms. The molecule has 1 amide bonds. The van der Waals surface area contributed by atoms with Crippen molar-refractivity contribution in [2.75, 3.05) is 13.1 Å². The van der Waals surface area contributed by atoms with Gasteiger partial charge >= 0.3 is 0 Å². The summed E-state index contributed by atoms with van der Waals surface area (Å²) in [6.07, 6.45) is 5.55. The monoisotopic (exact) mass is 322 g/mol. The lowest BCUT2D eigenvalue weighted by Crippen LogP contribution is -2.40. The van der Waals surface area contributed by atoms with Gasteiger partial charge in [-0.15, -0.1) is 0 Å². The van der Waals surface area contributed by atoms with Crippen molar-refractivity contribution in [1.82, 2.24) is 24.4 Å². The lowest BCUT2D eigenvalue weighted by Gasteiger charge is -2.34. The maximum Gasteiger partial charge on any atom is 0.236 e. The summed E-state index contributed by atoms with van der Waals surface area (Å²) < 4.78 is 2.24. The first-order chi connectivity index (χ1) is 11.7. The minimum absolute atomic E-state index is 0.0532. The summed E-state index contributed by atoms with van der Waals surface area (Å²) in [5.74, 6) is 0.845. The van der Waals surface area contributed by atoms with Gasteiger partial charge < -0.3 is 14.5 Å². The first kappa shape index (κ1) is 14.7. The molecule has 0 aliphatic carbocycles. The van der Waals surface area contributed by atoms with E-state index >= 15 is 0 Å². The molecule has 122 valence electrons. The number of likely N-dealkylation sites (tertiary alicyclic amines) is 1. The first-order valence-electron chi connectivity index (χ1n) is 8.14. The number of nitrogens with zero attached hydrogens (tertiary/aromatic N) is 5. The van der Waals surface area contributed by atoms with E-state index in [1.165, 1.54) is 0 Å². The number of piperidine rings is 1. The zero-order chi connectivity index (χ0) is 16.7. The molecule has 0 aromatic carbocycles. The van der Waals surface area contributed by atoms with Gasteiger partial charge in [0.1, 0.15) is 23.4 Å². The molecule has 3 aromatic rings. The van der Waals surface area contributed by atoms with Crippen LogP contribution in [-0.2, 0) is 4.79 Å². The van der Waals surface area contributed by atoms with Crippen molar-refractivity contribution in [3.05, 3.63) is 24.3 Å². The highest BCUT2D eigenvalue weighted by atomic mass is 16.2. The fourth-order valence-electron chi connectivity index (χ4n) is 3.73. The standard InChI is InChI=1S/C17H18N6O/c1-11-21-14-9-20-17-13(5-7-19-17)16(14)23(11)12-3-2-8-22(10-12)15(24)4-6-18/h5,7,9,12H,2-4,8,10H2,1H3,(H,19,20)/t12-/m1/s1. The Morgan fingerprint density at radius 2 is 2.42 bits per heavy atom. The predicted octanol–water partition coefficient (Wildman–Crippen LogP) is 2.30. The largest absolute Gasteiger partial charge is 0.346 e. The number of carbonyl (C=O) groups is 1. The summed E-state index contributed by atoms with van der Waals surface area (Å²) in [5, 5.41) is 9.82. The van der Waals surface area contributed by atoms with E-state index in [1.54, 1.807) is 11.1 Å². The second kappa shape index (κ2) is 5.64. The number of aromatic nitrogens is 4. The summed E-state index contributed by atoms with van der Waals surface area (Å²) in [6.45, 7) is 3.35. The van der Waals surface area contributed by atoms with Crippen molar-refractivity contribution >= 4 is 28.0 Å². The van der Waals surface area contributed by atoms with Crippen LogP contribution in [0.4, 0.5) is 0 Å². The molecule has 1 N–H and O–H groups in total. The quantitative estimate of drug-likeness (QED) is 0.783. The normalized spacial score (nSPS) is 18.2. The van der Waals surface area contributed by atoms with Crippen LogP contribution in [0.1, 0.15) is 31.1 Å². The number of carbonyl (C=O) groups excluding carboxylic acids is 1. The molecule has 4 heterocycles. The summed E-state index contributed by atoms with van der Waals surface area (Å²) >= 11 is 0. The molecule has 1 aliphatic rings. The zero-order valence-electron chi connectivity index (χ0n) is 13.5. The van der Waals surface area contributed by atoms with Gasteiger partial charge in [-0.1, -0.05) is 0 Å². The number of aromatic amines is 1. The van der Waals surface area contributed by atoms with Crippen LogP contribution in [0.15, 0.2) is 18.5 Å². The third-order valence-electron chi connectivity index (χ3n) is 4.76. The van der Waals surface area contributed by atoms with Gasteiger partial charge in [-0.3, -0.25) is 4.79 Å². The maximum atomic E-state index is 12.1. The molecule has 1 aliphatic heterocycles. The Labute approximate surface area is 138 Å². The number of aryl methyl sites for hydroxylation is 1. The van der Waals surface area contributed by atoms with E-state index in [9.17, 15) is 4.79 Å². The molecule has 0 radical (unpaired) electrons. The highest BCUT2D eigenvalue weighted by Gasteiger charge is 2.27. The van der Waals surface area contributed by atoms with Crippen LogP contribution in [0.5, 0.6) is 0 Å². The minimum atomic E-state index is -0.0854. The van der Waals surface area contributed by atoms with E-state index in [1.807, 2.05) is 25.3 Å². The van der Waals surface area contributed by atoms with E-state index in [0.717, 1.165) is 47.3 Å². The van der Waals surface area contributed by atoms with Gasteiger partial charge in [-0.25, -0.2) is 9.97 Å². The summed E-state index contributed by atoms with van der Waals surface area (Å²) in [4.78, 5) is 26.1. The third-order valence-corrected chi connectivity index (χ3v) is 4.76. The van der Waals surface area contributed by atoms with Crippen molar-refractivity contribution in [2.24, 2.45) is 0 Å². The van der Waals surface area contributed by atoms with Crippen LogP contribution < -0.4 is 0 Å². The van der Waals surface area contributed by atoms with Crippen LogP contribution in [0.2, 0.25) is 0 Å². The Bertz CT molecular complexity index is 963. The van der Waals surface area contributed by atoms with Gasteiger partial charge in [0.05, 0.1) is 23.8 Å². The van der Waals surface area contributed by atoms with E-state index in [-0.39, 0.29) is 18.4 Å². The molecule has 0 bridgehead atoms. The van der Waals surface area contributed by atoms with Crippen molar-refractivity contribution in [2.45, 2.75) is 32.2 Å². The lowest BCUT2D eigenvalue weighted by molar-refractivity contribution is -0.131. The number of fused-ring (bicyclic) bond motifs is 3. The highest BCUT2D eigenvalue weighted by molar-refractivity contribution is 6.01. The van der Waals surface area contributed by atoms with E-state index in [2.05, 4.69) is 19.5 Å². The van der Waals surface area contributed by atoms with Gasteiger partial charge in [0.15, 0.2) is 0 Å². The van der Waals surface area contributed by atoms with E-state index in [0.29, 0.717) is 6.54 Å². The van der Waals surface area contributed by atoms with Gasteiger partial charge in [0.2, 0.25) is 5.91 Å². The fourth-order valence-corrected chi connectivity index (χ4v) is 3.73. The van der Waals surface area contributed by atoms with Crippen molar-refractivity contribution in [3.8, 4) is 6.07 Å². The number of nitriles is 1. The van der Waals surface area contributed by atoms with Gasteiger partial charge in [0, 0.05) is 24.7 Å². The Kier molecular flexibility index (Phi) is 3.45. The summed E-state index contributed by atoms with van der Waals surface area (Å²) in [7, 11) is 0. The number of amides is 1. The molecule has 7 nitrogen and oxygen atoms in total. The van der Waals surface area contributed by atoms with Crippen LogP contribution in [0.25, 0.3) is 22.1 Å². The maximum absolute atomic E-state index is 12.1. The Morgan fingerprint density at radius 3 is 3.25 bits per heavy atom. The zero-order valence-corrected chi connectivity index (χ0v) is 13.5. The average Bonchev–Trinajstić information content (AvgIpc) is 3.18. The SMILES string of the molecule is Cc1nc2cnc3[nH]ccc3c2n1[C@@H]1CCCN(C(=O)CC#N)C1. The van der Waals surface area contributed by atoms with E-state index < -0.39 is 0 Å². The third kappa shape index (κ3) is 2.22. The molecule has 1 saturated heterocycles. The van der Waals surface area contributed by atoms with Gasteiger partial charge in [0.25, 0.3) is 0 Å². The number of rotatable bonds is 2. The molecule has 0 saturated carbocycles. The number of hydrogen-bond acceptors (Lipinski definition) is 4. The van der Waals surface area contributed by atoms with Crippen molar-refractivity contribution in [3.63, 3.8) is 0 Å². The molecule has 7 heteroatoms. The average molecular weight is 322 g/mol. The number of hydrogen-bond donors (Lipinski definition) is 1. The Hall–Kier alpha value is -2.88. The number of nitrogens with one attached hydrogen (secondary N) is 1. The Morgan fingerprint density at radius 1 is 1.54 bits per heavy atom. The topological polar surface area (TPSA) is 90.6 Å². The molecule has 1 atom stereocenters. The second-order valence-corrected chi connectivity index (χ2v) is 6.23. The van der Waals surface area contributed by atoms with Gasteiger partial charge in [-0.2, -0.15) is 5.26 Å². The Balaban J connectivity index is 1.78. The van der Waals surface area contributed by atoms with Crippen LogP contribution in [0.3, 0.4) is 0 Å². The fraction of sp³-hybridized carbons (Fsp3) is 0.412. The highest BCUT2D eigenvalue weighted by Crippen LogP contribution is 2.31. The number of pyridine rings is 1. The smallest absolute Gasteiger partial charge is 0.236 e. The van der Waals surface area contributed by atoms with Crippen LogP contribution in [0, 0.1) is 18.3 Å². The molecule has 24 heavy (non-hydrogen) atoms. The van der Waals surface area contributed by atoms with Crippen LogP contribution in [-0.4, -0.2) is 43.4 Å². The van der Waals surface area contributed by atoms with E-state index in [4.69, 9.17) is 5.26 Å². The predicted molar refractivity (Wildman–Crippen MR) is 89.2 cm³/mol. The van der Waals surface area contributed by atoms with Gasteiger partial charge in [-0.05, 0) is 25.8 Å². The lowest BCUT2D eigenvalue weighted by atomic mass is 10.0. The first-order valence-corrected chi connectivity index (χ1v) is 8.14. The molecular formula is C17H18N6O. The molecule has 0 unspecified atom stereocenters. The summed E-state index contributed by atoms with van der Waals surface area (Å²) in [5.41, 5.74) is 2.79. The van der Waals surface area contributed by atoms with Crippen molar-refractivity contribution in [1.29, 1.82) is 5.26 Å². The minimum Gasteiger partial charge on any atom is -0.346 e. The molecular weight excluding hydrogens is 304 g/mol. The van der Waals surface area contributed by atoms with Crippen molar-refractivity contribution < 1.29 is 4.79 Å².